The molecule has 7 nitrogen and oxygen atoms in total. The van der Waals surface area contributed by atoms with Crippen molar-refractivity contribution in [2.24, 2.45) is 5.41 Å². The first kappa shape index (κ1) is 18.8. The highest BCUT2D eigenvalue weighted by molar-refractivity contribution is 7.79. The van der Waals surface area contributed by atoms with Crippen LogP contribution in [-0.2, 0) is 25.3 Å². The Hall–Kier alpha value is -1.22. The maximum Gasteiger partial charge on any atom is 0.410 e. The number of esters is 1. The first-order chi connectivity index (χ1) is 9.02. The third kappa shape index (κ3) is 8.81. The Bertz CT molecular complexity index is 370. The molecule has 0 aromatic heterocycles. The molecule has 118 valence electrons. The molecule has 2 unspecified atom stereocenters. The number of amides is 1. The molecular weight excluding hydrogens is 293 g/mol. The third-order valence-corrected chi connectivity index (χ3v) is 2.60. The SMILES string of the molecule is CC(OC(=O)NC[C@@H](F)CS(=O)O)OC(=O)C(C)(C)C. The van der Waals surface area contributed by atoms with Crippen LogP contribution in [0, 0.1) is 5.41 Å². The Labute approximate surface area is 119 Å². The second kappa shape index (κ2) is 8.15. The Morgan fingerprint density at radius 1 is 1.35 bits per heavy atom. The van der Waals surface area contributed by atoms with Gasteiger partial charge in [0.05, 0.1) is 17.7 Å². The van der Waals surface area contributed by atoms with Crippen LogP contribution >= 0.6 is 0 Å². The minimum atomic E-state index is -2.28. The van der Waals surface area contributed by atoms with Crippen molar-refractivity contribution in [1.82, 2.24) is 5.32 Å². The number of carbonyl (C=O) groups is 2. The van der Waals surface area contributed by atoms with E-state index in [0.29, 0.717) is 0 Å². The van der Waals surface area contributed by atoms with Gasteiger partial charge in [0.25, 0.3) is 0 Å². The summed E-state index contributed by atoms with van der Waals surface area (Å²) in [6, 6.07) is 0. The van der Waals surface area contributed by atoms with Crippen LogP contribution in [0.5, 0.6) is 0 Å². The van der Waals surface area contributed by atoms with Gasteiger partial charge in [0.15, 0.2) is 11.1 Å². The monoisotopic (exact) mass is 313 g/mol. The van der Waals surface area contributed by atoms with E-state index in [0.717, 1.165) is 0 Å². The molecule has 3 atom stereocenters. The molecule has 2 N–H and O–H groups in total. The summed E-state index contributed by atoms with van der Waals surface area (Å²) in [7, 11) is 0. The molecule has 20 heavy (non-hydrogen) atoms. The number of alkyl halides is 1. The lowest BCUT2D eigenvalue weighted by atomic mass is 9.97. The maximum absolute atomic E-state index is 13.0. The van der Waals surface area contributed by atoms with Gasteiger partial charge in [-0.05, 0) is 20.8 Å². The lowest BCUT2D eigenvalue weighted by Gasteiger charge is -2.20. The van der Waals surface area contributed by atoms with Gasteiger partial charge in [0, 0.05) is 6.92 Å². The fourth-order valence-corrected chi connectivity index (χ4v) is 1.38. The summed E-state index contributed by atoms with van der Waals surface area (Å²) >= 11 is -2.28. The van der Waals surface area contributed by atoms with Gasteiger partial charge in [-0.25, -0.2) is 13.4 Å². The van der Waals surface area contributed by atoms with Crippen molar-refractivity contribution in [2.45, 2.75) is 40.2 Å². The Morgan fingerprint density at radius 3 is 2.35 bits per heavy atom. The lowest BCUT2D eigenvalue weighted by molar-refractivity contribution is -0.174. The minimum absolute atomic E-state index is 0.467. The molecule has 0 aliphatic rings. The summed E-state index contributed by atoms with van der Waals surface area (Å²) in [5.41, 5.74) is -0.733. The molecule has 0 saturated heterocycles. The summed E-state index contributed by atoms with van der Waals surface area (Å²) in [6.07, 6.45) is -3.77. The third-order valence-electron chi connectivity index (χ3n) is 1.95. The van der Waals surface area contributed by atoms with Gasteiger partial charge in [-0.3, -0.25) is 4.79 Å². The van der Waals surface area contributed by atoms with Gasteiger partial charge < -0.3 is 19.3 Å². The van der Waals surface area contributed by atoms with E-state index in [-0.39, 0.29) is 0 Å². The van der Waals surface area contributed by atoms with E-state index in [9.17, 15) is 18.2 Å². The van der Waals surface area contributed by atoms with E-state index in [1.165, 1.54) is 6.92 Å². The fourth-order valence-electron chi connectivity index (χ4n) is 0.952. The number of rotatable bonds is 6. The van der Waals surface area contributed by atoms with Crippen LogP contribution in [0.15, 0.2) is 0 Å². The topological polar surface area (TPSA) is 102 Å². The number of carbonyl (C=O) groups excluding carboxylic acids is 2. The lowest BCUT2D eigenvalue weighted by Crippen LogP contribution is -2.36. The summed E-state index contributed by atoms with van der Waals surface area (Å²) in [5, 5.41) is 2.06. The summed E-state index contributed by atoms with van der Waals surface area (Å²) in [4.78, 5) is 22.7. The number of nitrogens with one attached hydrogen (secondary N) is 1. The van der Waals surface area contributed by atoms with E-state index in [1.807, 2.05) is 0 Å². The van der Waals surface area contributed by atoms with Crippen LogP contribution in [0.4, 0.5) is 9.18 Å². The molecule has 0 aliphatic carbocycles. The van der Waals surface area contributed by atoms with Crippen LogP contribution in [0.2, 0.25) is 0 Å². The van der Waals surface area contributed by atoms with E-state index in [2.05, 4.69) is 10.1 Å². The highest BCUT2D eigenvalue weighted by atomic mass is 32.2. The van der Waals surface area contributed by atoms with Gasteiger partial charge in [0.2, 0.25) is 6.29 Å². The van der Waals surface area contributed by atoms with E-state index in [1.54, 1.807) is 20.8 Å². The highest BCUT2D eigenvalue weighted by Gasteiger charge is 2.26. The first-order valence-corrected chi connectivity index (χ1v) is 7.17. The number of alkyl carbamates (subject to hydrolysis) is 1. The van der Waals surface area contributed by atoms with E-state index >= 15 is 0 Å². The van der Waals surface area contributed by atoms with Crippen molar-refractivity contribution < 1.29 is 32.2 Å². The van der Waals surface area contributed by atoms with Gasteiger partial charge in [-0.2, -0.15) is 0 Å². The quantitative estimate of drug-likeness (QED) is 0.434. The van der Waals surface area contributed by atoms with Crippen LogP contribution in [0.1, 0.15) is 27.7 Å². The summed E-state index contributed by atoms with van der Waals surface area (Å²) < 4.78 is 41.3. The summed E-state index contributed by atoms with van der Waals surface area (Å²) in [5.74, 6) is -1.15. The molecule has 0 fully saturated rings. The molecule has 0 aromatic rings. The van der Waals surface area contributed by atoms with Gasteiger partial charge in [-0.15, -0.1) is 0 Å². The fraction of sp³-hybridized carbons (Fsp3) is 0.818. The maximum atomic E-state index is 13.0. The second-order valence-corrected chi connectivity index (χ2v) is 6.07. The van der Waals surface area contributed by atoms with Crippen molar-refractivity contribution in [2.75, 3.05) is 12.3 Å². The number of ether oxygens (including phenoxy) is 2. The Balaban J connectivity index is 4.03. The molecule has 0 radical (unpaired) electrons. The normalized spacial score (nSPS) is 15.9. The Morgan fingerprint density at radius 2 is 1.90 bits per heavy atom. The van der Waals surface area contributed by atoms with Crippen molar-refractivity contribution in [3.05, 3.63) is 0 Å². The van der Waals surface area contributed by atoms with Gasteiger partial charge in [-0.1, -0.05) is 0 Å². The number of hydrogen-bond donors (Lipinski definition) is 2. The molecule has 0 rings (SSSR count). The zero-order chi connectivity index (χ0) is 15.9. The second-order valence-electron chi connectivity index (χ2n) is 5.09. The van der Waals surface area contributed by atoms with Crippen molar-refractivity contribution in [1.29, 1.82) is 0 Å². The van der Waals surface area contributed by atoms with Crippen LogP contribution < -0.4 is 5.32 Å². The van der Waals surface area contributed by atoms with Gasteiger partial charge in [0.1, 0.15) is 6.17 Å². The molecule has 0 saturated carbocycles. The van der Waals surface area contributed by atoms with E-state index < -0.39 is 53.3 Å². The van der Waals surface area contributed by atoms with Crippen molar-refractivity contribution >= 4 is 23.1 Å². The van der Waals surface area contributed by atoms with E-state index in [4.69, 9.17) is 9.29 Å². The molecule has 9 heteroatoms. The zero-order valence-corrected chi connectivity index (χ0v) is 12.7. The predicted molar refractivity (Wildman–Crippen MR) is 70.0 cm³/mol. The number of hydrogen-bond acceptors (Lipinski definition) is 5. The Kier molecular flexibility index (Phi) is 7.66. The molecule has 0 heterocycles. The molecule has 0 aromatic carbocycles. The van der Waals surface area contributed by atoms with Crippen molar-refractivity contribution in [3.63, 3.8) is 0 Å². The number of halogens is 1. The van der Waals surface area contributed by atoms with Crippen molar-refractivity contribution in [3.8, 4) is 0 Å². The van der Waals surface area contributed by atoms with Gasteiger partial charge >= 0.3 is 12.1 Å². The molecular formula is C11H20FNO6S. The molecule has 1 amide bonds. The molecule has 0 bridgehead atoms. The smallest absolute Gasteiger partial charge is 0.410 e. The summed E-state index contributed by atoms with van der Waals surface area (Å²) in [6.45, 7) is 5.81. The van der Waals surface area contributed by atoms with Crippen LogP contribution in [-0.4, -0.2) is 45.6 Å². The largest absolute Gasteiger partial charge is 0.425 e. The predicted octanol–water partition coefficient (Wildman–Crippen LogP) is 1.21. The highest BCUT2D eigenvalue weighted by Crippen LogP contribution is 2.16. The van der Waals surface area contributed by atoms with Crippen LogP contribution in [0.25, 0.3) is 0 Å². The zero-order valence-electron chi connectivity index (χ0n) is 11.8. The molecule has 0 spiro atoms. The minimum Gasteiger partial charge on any atom is -0.425 e. The average Bonchev–Trinajstić information content (AvgIpc) is 2.23. The average molecular weight is 313 g/mol. The molecule has 0 aliphatic heterocycles. The standard InChI is InChI=1S/C11H20FNO6S/c1-7(18-9(14)11(2,3)4)19-10(15)13-5-8(12)6-20(16)17/h7-8H,5-6H2,1-4H3,(H,13,15)(H,16,17)/t7?,8-/m1/s1. The van der Waals surface area contributed by atoms with Crippen LogP contribution in [0.3, 0.4) is 0 Å². The first-order valence-electron chi connectivity index (χ1n) is 5.89.